The van der Waals surface area contributed by atoms with Crippen LogP contribution in [0.5, 0.6) is 0 Å². The third-order valence-electron chi connectivity index (χ3n) is 5.00. The number of sulfonamides is 1. The van der Waals surface area contributed by atoms with Crippen molar-refractivity contribution in [3.63, 3.8) is 0 Å². The van der Waals surface area contributed by atoms with Gasteiger partial charge in [-0.15, -0.1) is 0 Å². The van der Waals surface area contributed by atoms with Gasteiger partial charge in [-0.25, -0.2) is 8.42 Å². The van der Waals surface area contributed by atoms with E-state index in [9.17, 15) is 13.2 Å². The van der Waals surface area contributed by atoms with Crippen molar-refractivity contribution >= 4 is 21.6 Å². The van der Waals surface area contributed by atoms with Crippen LogP contribution in [0.4, 0.5) is 5.69 Å². The molecular formula is C18H27N3O3S. The lowest BCUT2D eigenvalue weighted by Gasteiger charge is -2.22. The van der Waals surface area contributed by atoms with Crippen molar-refractivity contribution in [3.05, 3.63) is 24.3 Å². The molecule has 0 unspecified atom stereocenters. The van der Waals surface area contributed by atoms with Gasteiger partial charge < -0.3 is 10.6 Å². The molecule has 1 aromatic rings. The number of amides is 1. The first-order valence-corrected chi connectivity index (χ1v) is 10.6. The summed E-state index contributed by atoms with van der Waals surface area (Å²) in [6.45, 7) is 1.47. The number of carbonyl (C=O) groups is 1. The molecule has 1 aromatic carbocycles. The molecule has 0 atom stereocenters. The maximum atomic E-state index is 12.5. The van der Waals surface area contributed by atoms with E-state index in [-0.39, 0.29) is 10.8 Å². The molecule has 1 saturated carbocycles. The molecular weight excluding hydrogens is 338 g/mol. The summed E-state index contributed by atoms with van der Waals surface area (Å²) in [6.07, 6.45) is 7.85. The van der Waals surface area contributed by atoms with Crippen LogP contribution >= 0.6 is 0 Å². The number of rotatable bonds is 6. The predicted molar refractivity (Wildman–Crippen MR) is 97.9 cm³/mol. The Morgan fingerprint density at radius 3 is 2.28 bits per heavy atom. The summed E-state index contributed by atoms with van der Waals surface area (Å²) in [7, 11) is -3.40. The fraction of sp³-hybridized carbons (Fsp3) is 0.611. The molecule has 1 heterocycles. The lowest BCUT2D eigenvalue weighted by atomic mass is 9.95. The second kappa shape index (κ2) is 8.29. The Hall–Kier alpha value is -1.44. The van der Waals surface area contributed by atoms with Crippen molar-refractivity contribution < 1.29 is 13.2 Å². The van der Waals surface area contributed by atoms with Crippen LogP contribution in [-0.4, -0.2) is 44.3 Å². The van der Waals surface area contributed by atoms with E-state index in [4.69, 9.17) is 0 Å². The first kappa shape index (κ1) is 18.4. The monoisotopic (exact) mass is 365 g/mol. The number of anilines is 1. The van der Waals surface area contributed by atoms with Crippen LogP contribution in [-0.2, 0) is 14.8 Å². The van der Waals surface area contributed by atoms with Gasteiger partial charge in [0.05, 0.1) is 11.4 Å². The number of nitrogens with one attached hydrogen (secondary N) is 2. The fourth-order valence-electron chi connectivity index (χ4n) is 3.54. The van der Waals surface area contributed by atoms with Gasteiger partial charge in [-0.3, -0.25) is 4.79 Å². The van der Waals surface area contributed by atoms with Crippen LogP contribution < -0.4 is 10.6 Å². The average Bonchev–Trinajstić information content (AvgIpc) is 3.17. The number of hydrogen-bond donors (Lipinski definition) is 2. The Bertz CT molecular complexity index is 676. The minimum absolute atomic E-state index is 0.0966. The van der Waals surface area contributed by atoms with Crippen molar-refractivity contribution in [1.82, 2.24) is 9.62 Å². The Labute approximate surface area is 150 Å². The van der Waals surface area contributed by atoms with Gasteiger partial charge in [-0.1, -0.05) is 19.3 Å². The zero-order valence-corrected chi connectivity index (χ0v) is 15.4. The van der Waals surface area contributed by atoms with Crippen molar-refractivity contribution in [2.75, 3.05) is 25.0 Å². The quantitative estimate of drug-likeness (QED) is 0.811. The summed E-state index contributed by atoms with van der Waals surface area (Å²) in [4.78, 5) is 12.3. The van der Waals surface area contributed by atoms with Crippen molar-refractivity contribution in [3.8, 4) is 0 Å². The summed E-state index contributed by atoms with van der Waals surface area (Å²) in [5, 5.41) is 6.12. The van der Waals surface area contributed by atoms with Gasteiger partial charge in [-0.2, -0.15) is 4.31 Å². The van der Waals surface area contributed by atoms with Crippen molar-refractivity contribution in [1.29, 1.82) is 0 Å². The summed E-state index contributed by atoms with van der Waals surface area (Å²) in [5.74, 6) is -0.0966. The van der Waals surface area contributed by atoms with E-state index >= 15 is 0 Å². The van der Waals surface area contributed by atoms with Crippen molar-refractivity contribution in [2.24, 2.45) is 0 Å². The van der Waals surface area contributed by atoms with Gasteiger partial charge in [0.2, 0.25) is 15.9 Å². The Balaban J connectivity index is 1.52. The molecule has 2 N–H and O–H groups in total. The molecule has 138 valence electrons. The fourth-order valence-corrected chi connectivity index (χ4v) is 5.05. The lowest BCUT2D eigenvalue weighted by Crippen LogP contribution is -2.37. The van der Waals surface area contributed by atoms with Crippen LogP contribution in [0.25, 0.3) is 0 Å². The van der Waals surface area contributed by atoms with E-state index in [1.165, 1.54) is 23.6 Å². The Morgan fingerprint density at radius 2 is 1.64 bits per heavy atom. The molecule has 2 aliphatic rings. The number of nitrogens with zero attached hydrogens (tertiary/aromatic N) is 1. The van der Waals surface area contributed by atoms with E-state index in [1.807, 2.05) is 0 Å². The molecule has 1 amide bonds. The second-order valence-electron chi connectivity index (χ2n) is 6.90. The summed E-state index contributed by atoms with van der Waals surface area (Å²) < 4.78 is 26.5. The zero-order valence-electron chi connectivity index (χ0n) is 14.5. The normalized spacial score (nSPS) is 19.8. The Kier molecular flexibility index (Phi) is 6.09. The summed E-state index contributed by atoms with van der Waals surface area (Å²) >= 11 is 0. The van der Waals surface area contributed by atoms with Gasteiger partial charge in [0.25, 0.3) is 0 Å². The number of hydrogen-bond acceptors (Lipinski definition) is 4. The van der Waals surface area contributed by atoms with Crippen molar-refractivity contribution in [2.45, 2.75) is 55.9 Å². The standard InChI is InChI=1S/C18H27N3O3S/c22-18(14-19-15-6-2-1-3-7-15)20-16-8-10-17(11-9-16)25(23,24)21-12-4-5-13-21/h8-11,15,19H,1-7,12-14H2,(H,20,22). The molecule has 0 spiro atoms. The van der Waals surface area contributed by atoms with E-state index < -0.39 is 10.0 Å². The topological polar surface area (TPSA) is 78.5 Å². The van der Waals surface area contributed by atoms with Crippen LogP contribution in [0, 0.1) is 0 Å². The lowest BCUT2D eigenvalue weighted by molar-refractivity contribution is -0.115. The minimum Gasteiger partial charge on any atom is -0.325 e. The minimum atomic E-state index is -3.40. The highest BCUT2D eigenvalue weighted by Crippen LogP contribution is 2.22. The highest BCUT2D eigenvalue weighted by atomic mass is 32.2. The smallest absolute Gasteiger partial charge is 0.243 e. The molecule has 3 rings (SSSR count). The van der Waals surface area contributed by atoms with Gasteiger partial charge in [0.15, 0.2) is 0 Å². The first-order valence-electron chi connectivity index (χ1n) is 9.19. The SMILES string of the molecule is O=C(CNC1CCCCC1)Nc1ccc(S(=O)(=O)N2CCCC2)cc1. The summed E-state index contributed by atoms with van der Waals surface area (Å²) in [5.41, 5.74) is 0.621. The molecule has 1 aliphatic carbocycles. The molecule has 1 aliphatic heterocycles. The molecule has 1 saturated heterocycles. The largest absolute Gasteiger partial charge is 0.325 e. The van der Waals surface area contributed by atoms with Gasteiger partial charge in [-0.05, 0) is 49.9 Å². The van der Waals surface area contributed by atoms with Crippen LogP contribution in [0.3, 0.4) is 0 Å². The summed E-state index contributed by atoms with van der Waals surface area (Å²) in [6, 6.07) is 6.88. The number of benzene rings is 1. The maximum absolute atomic E-state index is 12.5. The predicted octanol–water partition coefficient (Wildman–Crippen LogP) is 2.33. The zero-order chi connectivity index (χ0) is 17.7. The van der Waals surface area contributed by atoms with Gasteiger partial charge in [0.1, 0.15) is 0 Å². The molecule has 7 heteroatoms. The van der Waals surface area contributed by atoms with Crippen LogP contribution in [0.2, 0.25) is 0 Å². The van der Waals surface area contributed by atoms with E-state index in [0.717, 1.165) is 25.7 Å². The average molecular weight is 365 g/mol. The van der Waals surface area contributed by atoms with Gasteiger partial charge in [0, 0.05) is 24.8 Å². The third kappa shape index (κ3) is 4.80. The van der Waals surface area contributed by atoms with Crippen LogP contribution in [0.15, 0.2) is 29.2 Å². The molecule has 25 heavy (non-hydrogen) atoms. The molecule has 0 radical (unpaired) electrons. The second-order valence-corrected chi connectivity index (χ2v) is 8.84. The molecule has 0 bridgehead atoms. The first-order chi connectivity index (χ1) is 12.1. The van der Waals surface area contributed by atoms with E-state index in [0.29, 0.717) is 31.4 Å². The maximum Gasteiger partial charge on any atom is 0.243 e. The highest BCUT2D eigenvalue weighted by Gasteiger charge is 2.26. The molecule has 0 aromatic heterocycles. The van der Waals surface area contributed by atoms with E-state index in [2.05, 4.69) is 10.6 Å². The van der Waals surface area contributed by atoms with E-state index in [1.54, 1.807) is 24.3 Å². The van der Waals surface area contributed by atoms with Crippen LogP contribution in [0.1, 0.15) is 44.9 Å². The highest BCUT2D eigenvalue weighted by molar-refractivity contribution is 7.89. The van der Waals surface area contributed by atoms with Gasteiger partial charge >= 0.3 is 0 Å². The Morgan fingerprint density at radius 1 is 1.00 bits per heavy atom. The molecule has 6 nitrogen and oxygen atoms in total. The third-order valence-corrected chi connectivity index (χ3v) is 6.91. The number of carbonyl (C=O) groups excluding carboxylic acids is 1. The molecule has 2 fully saturated rings.